The normalized spacial score (nSPS) is 28.4. The van der Waals surface area contributed by atoms with Crippen molar-refractivity contribution in [2.45, 2.75) is 20.3 Å². The second-order valence-corrected chi connectivity index (χ2v) is 4.77. The molecule has 0 atom stereocenters. The van der Waals surface area contributed by atoms with Crippen LogP contribution in [0.1, 0.15) is 20.3 Å². The number of hydrogen-bond donors (Lipinski definition) is 1. The molecule has 0 bridgehead atoms. The fourth-order valence-electron chi connectivity index (χ4n) is 2.11. The zero-order valence-corrected chi connectivity index (χ0v) is 9.05. The second-order valence-electron chi connectivity index (χ2n) is 4.77. The molecule has 80 valence electrons. The molecule has 0 unspecified atom stereocenters. The van der Waals surface area contributed by atoms with Crippen molar-refractivity contribution in [2.24, 2.45) is 5.41 Å². The number of rotatable bonds is 1. The largest absolute Gasteiger partial charge is 0.314 e. The van der Waals surface area contributed by atoms with Crippen LogP contribution in [0.5, 0.6) is 0 Å². The lowest BCUT2D eigenvalue weighted by molar-refractivity contribution is -0.150. The second kappa shape index (κ2) is 3.51. The van der Waals surface area contributed by atoms with Gasteiger partial charge in [-0.1, -0.05) is 13.8 Å². The third-order valence-electron chi connectivity index (χ3n) is 3.20. The molecule has 1 amide bonds. The van der Waals surface area contributed by atoms with E-state index in [4.69, 9.17) is 0 Å². The van der Waals surface area contributed by atoms with Crippen molar-refractivity contribution in [3.8, 4) is 0 Å². The summed E-state index contributed by atoms with van der Waals surface area (Å²) in [6.45, 7) is 8.87. The van der Waals surface area contributed by atoms with Crippen LogP contribution in [0, 0.1) is 5.41 Å². The van der Waals surface area contributed by atoms with E-state index in [0.29, 0.717) is 5.91 Å². The van der Waals surface area contributed by atoms with E-state index < -0.39 is 0 Å². The van der Waals surface area contributed by atoms with Gasteiger partial charge >= 0.3 is 0 Å². The van der Waals surface area contributed by atoms with Crippen molar-refractivity contribution in [2.75, 3.05) is 32.7 Å². The minimum absolute atomic E-state index is 0.148. The van der Waals surface area contributed by atoms with Crippen LogP contribution in [0.4, 0.5) is 0 Å². The summed E-state index contributed by atoms with van der Waals surface area (Å²) in [5.41, 5.74) is -0.148. The van der Waals surface area contributed by atoms with Crippen molar-refractivity contribution in [1.82, 2.24) is 15.3 Å². The number of hydrazine groups is 1. The first-order valence-corrected chi connectivity index (χ1v) is 5.39. The Morgan fingerprint density at radius 1 is 1.21 bits per heavy atom. The van der Waals surface area contributed by atoms with E-state index in [-0.39, 0.29) is 5.41 Å². The molecule has 0 aliphatic carbocycles. The molecule has 2 saturated heterocycles. The van der Waals surface area contributed by atoms with Gasteiger partial charge in [0.1, 0.15) is 0 Å². The third-order valence-corrected chi connectivity index (χ3v) is 3.20. The summed E-state index contributed by atoms with van der Waals surface area (Å²) in [5.74, 6) is 0.291. The van der Waals surface area contributed by atoms with Gasteiger partial charge in [-0.3, -0.25) is 9.80 Å². The van der Waals surface area contributed by atoms with E-state index in [0.717, 1.165) is 39.1 Å². The van der Waals surface area contributed by atoms with Gasteiger partial charge < -0.3 is 5.32 Å². The van der Waals surface area contributed by atoms with Gasteiger partial charge in [0.05, 0.1) is 0 Å². The summed E-state index contributed by atoms with van der Waals surface area (Å²) in [5, 5.41) is 7.43. The Bertz CT molecular complexity index is 234. The highest BCUT2D eigenvalue weighted by Gasteiger charge is 2.41. The Kier molecular flexibility index (Phi) is 2.49. The summed E-state index contributed by atoms with van der Waals surface area (Å²) >= 11 is 0. The molecule has 2 aliphatic heterocycles. The molecule has 2 heterocycles. The van der Waals surface area contributed by atoms with Crippen LogP contribution < -0.4 is 5.32 Å². The number of carbonyl (C=O) groups is 1. The minimum Gasteiger partial charge on any atom is -0.314 e. The van der Waals surface area contributed by atoms with Gasteiger partial charge in [-0.15, -0.1) is 0 Å². The van der Waals surface area contributed by atoms with Gasteiger partial charge in [0, 0.05) is 38.1 Å². The zero-order chi connectivity index (χ0) is 10.2. The highest BCUT2D eigenvalue weighted by Crippen LogP contribution is 2.31. The van der Waals surface area contributed by atoms with Crippen LogP contribution in [0.15, 0.2) is 0 Å². The van der Waals surface area contributed by atoms with E-state index in [1.54, 1.807) is 0 Å². The van der Waals surface area contributed by atoms with Crippen LogP contribution >= 0.6 is 0 Å². The number of nitrogens with one attached hydrogen (secondary N) is 1. The molecule has 0 radical (unpaired) electrons. The number of amides is 1. The van der Waals surface area contributed by atoms with Gasteiger partial charge in [0.25, 0.3) is 0 Å². The van der Waals surface area contributed by atoms with Crippen LogP contribution in [-0.4, -0.2) is 48.6 Å². The topological polar surface area (TPSA) is 35.6 Å². The first kappa shape index (κ1) is 9.93. The number of nitrogens with zero attached hydrogens (tertiary/aromatic N) is 2. The van der Waals surface area contributed by atoms with Gasteiger partial charge in [0.15, 0.2) is 0 Å². The average Bonchev–Trinajstić information content (AvgIpc) is 2.44. The molecule has 0 aromatic heterocycles. The summed E-state index contributed by atoms with van der Waals surface area (Å²) in [4.78, 5) is 12.0. The maximum atomic E-state index is 12.0. The molecule has 1 N–H and O–H groups in total. The monoisotopic (exact) mass is 197 g/mol. The van der Waals surface area contributed by atoms with E-state index in [9.17, 15) is 4.79 Å². The average molecular weight is 197 g/mol. The van der Waals surface area contributed by atoms with Crippen molar-refractivity contribution < 1.29 is 4.79 Å². The lowest BCUT2D eigenvalue weighted by atomic mass is 9.92. The molecule has 0 saturated carbocycles. The molecule has 2 rings (SSSR count). The molecular formula is C10H19N3O. The lowest BCUT2D eigenvalue weighted by Crippen LogP contribution is -2.53. The van der Waals surface area contributed by atoms with Crippen LogP contribution in [0.25, 0.3) is 0 Å². The maximum absolute atomic E-state index is 12.0. The molecule has 2 aliphatic rings. The first-order valence-electron chi connectivity index (χ1n) is 5.39. The lowest BCUT2D eigenvalue weighted by Gasteiger charge is -2.35. The fourth-order valence-corrected chi connectivity index (χ4v) is 2.11. The SMILES string of the molecule is CC1(C)CCN(N2CCNCC2)C1=O. The smallest absolute Gasteiger partial charge is 0.242 e. The predicted molar refractivity (Wildman–Crippen MR) is 54.6 cm³/mol. The molecule has 2 fully saturated rings. The standard InChI is InChI=1S/C10H19N3O/c1-10(2)3-6-13(9(10)14)12-7-4-11-5-8-12/h11H,3-8H2,1-2H3. The van der Waals surface area contributed by atoms with E-state index >= 15 is 0 Å². The molecular weight excluding hydrogens is 178 g/mol. The number of hydrogen-bond acceptors (Lipinski definition) is 3. The van der Waals surface area contributed by atoms with Gasteiger partial charge in [0.2, 0.25) is 5.91 Å². The van der Waals surface area contributed by atoms with Crippen LogP contribution in [-0.2, 0) is 4.79 Å². The Hall–Kier alpha value is -0.610. The van der Waals surface area contributed by atoms with E-state index in [2.05, 4.69) is 10.3 Å². The molecule has 4 heteroatoms. The Balaban J connectivity index is 2.02. The van der Waals surface area contributed by atoms with E-state index in [1.165, 1.54) is 0 Å². The number of piperazine rings is 1. The van der Waals surface area contributed by atoms with Crippen molar-refractivity contribution in [3.63, 3.8) is 0 Å². The van der Waals surface area contributed by atoms with Crippen molar-refractivity contribution in [1.29, 1.82) is 0 Å². The number of carbonyl (C=O) groups excluding carboxylic acids is 1. The van der Waals surface area contributed by atoms with Crippen LogP contribution in [0.2, 0.25) is 0 Å². The van der Waals surface area contributed by atoms with Gasteiger partial charge in [-0.25, -0.2) is 5.01 Å². The quantitative estimate of drug-likeness (QED) is 0.646. The highest BCUT2D eigenvalue weighted by atomic mass is 16.2. The Morgan fingerprint density at radius 2 is 1.86 bits per heavy atom. The fraction of sp³-hybridized carbons (Fsp3) is 0.900. The van der Waals surface area contributed by atoms with Crippen LogP contribution in [0.3, 0.4) is 0 Å². The van der Waals surface area contributed by atoms with Crippen molar-refractivity contribution >= 4 is 5.91 Å². The third kappa shape index (κ3) is 1.64. The first-order chi connectivity index (χ1) is 6.61. The molecule has 0 aromatic carbocycles. The summed E-state index contributed by atoms with van der Waals surface area (Å²) < 4.78 is 0. The Labute approximate surface area is 85.2 Å². The molecule has 0 spiro atoms. The zero-order valence-electron chi connectivity index (χ0n) is 9.05. The maximum Gasteiger partial charge on any atom is 0.242 e. The summed E-state index contributed by atoms with van der Waals surface area (Å²) in [6.07, 6.45) is 0.982. The summed E-state index contributed by atoms with van der Waals surface area (Å²) in [7, 11) is 0. The molecule has 4 nitrogen and oxygen atoms in total. The summed E-state index contributed by atoms with van der Waals surface area (Å²) in [6, 6.07) is 0. The van der Waals surface area contributed by atoms with Gasteiger partial charge in [-0.2, -0.15) is 0 Å². The molecule has 14 heavy (non-hydrogen) atoms. The predicted octanol–water partition coefficient (Wildman–Crippen LogP) is 0.0651. The minimum atomic E-state index is -0.148. The highest BCUT2D eigenvalue weighted by molar-refractivity contribution is 5.83. The Morgan fingerprint density at radius 3 is 2.36 bits per heavy atom. The van der Waals surface area contributed by atoms with Gasteiger partial charge in [-0.05, 0) is 6.42 Å². The van der Waals surface area contributed by atoms with E-state index in [1.807, 2.05) is 18.9 Å². The van der Waals surface area contributed by atoms with Crippen molar-refractivity contribution in [3.05, 3.63) is 0 Å². The molecule has 0 aromatic rings.